The molecule has 0 unspecified atom stereocenters. The number of amides is 1. The monoisotopic (exact) mass is 432 g/mol. The third-order valence-corrected chi connectivity index (χ3v) is 7.20. The number of rotatable bonds is 5. The Bertz CT molecular complexity index is 1250. The fourth-order valence-corrected chi connectivity index (χ4v) is 5.31. The Kier molecular flexibility index (Phi) is 5.18. The van der Waals surface area contributed by atoms with Gasteiger partial charge in [0, 0.05) is 18.7 Å². The van der Waals surface area contributed by atoms with Crippen LogP contribution in [0.5, 0.6) is 11.5 Å². The molecule has 0 atom stereocenters. The highest BCUT2D eigenvalue weighted by atomic mass is 32.2. The summed E-state index contributed by atoms with van der Waals surface area (Å²) in [6, 6.07) is 10.2. The predicted octanol–water partition coefficient (Wildman–Crippen LogP) is 3.05. The highest BCUT2D eigenvalue weighted by molar-refractivity contribution is 7.92. The van der Waals surface area contributed by atoms with E-state index in [1.807, 2.05) is 30.5 Å². The lowest BCUT2D eigenvalue weighted by Crippen LogP contribution is -2.21. The topological polar surface area (TPSA) is 87.0 Å². The molecule has 4 rings (SSSR count). The van der Waals surface area contributed by atoms with E-state index in [4.69, 9.17) is 9.47 Å². The largest absolute Gasteiger partial charge is 0.454 e. The minimum atomic E-state index is -3.75. The molecule has 0 saturated heterocycles. The smallest absolute Gasteiger partial charge is 0.263 e. The molecule has 1 aromatic heterocycles. The number of sulfone groups is 1. The number of fused-ring (bicyclic) bond motifs is 2. The Balaban J connectivity index is 1.70. The lowest BCUT2D eigenvalue weighted by Gasteiger charge is -2.04. The number of thiazole rings is 1. The van der Waals surface area contributed by atoms with Crippen molar-refractivity contribution in [3.63, 3.8) is 0 Å². The summed E-state index contributed by atoms with van der Waals surface area (Å²) in [5.41, 5.74) is 1.83. The second-order valence-corrected chi connectivity index (χ2v) is 9.79. The van der Waals surface area contributed by atoms with E-state index in [1.54, 1.807) is 12.1 Å². The van der Waals surface area contributed by atoms with E-state index in [2.05, 4.69) is 4.99 Å². The SMILES string of the molecule is CCCn1c(=NC(=O)CS(=O)(=O)c2ccc(C)cc2)sc2cc3c(cc21)OCO3. The highest BCUT2D eigenvalue weighted by Gasteiger charge is 2.21. The Morgan fingerprint density at radius 2 is 1.86 bits per heavy atom. The lowest BCUT2D eigenvalue weighted by molar-refractivity contribution is -0.115. The van der Waals surface area contributed by atoms with Crippen LogP contribution < -0.4 is 14.3 Å². The van der Waals surface area contributed by atoms with E-state index in [1.165, 1.54) is 23.5 Å². The summed E-state index contributed by atoms with van der Waals surface area (Å²) in [5.74, 6) is -0.0525. The average molecular weight is 433 g/mol. The van der Waals surface area contributed by atoms with Gasteiger partial charge in [-0.15, -0.1) is 0 Å². The van der Waals surface area contributed by atoms with Crippen molar-refractivity contribution in [3.8, 4) is 11.5 Å². The summed E-state index contributed by atoms with van der Waals surface area (Å²) < 4.78 is 38.8. The molecule has 152 valence electrons. The Morgan fingerprint density at radius 1 is 1.17 bits per heavy atom. The maximum absolute atomic E-state index is 12.5. The first kappa shape index (κ1) is 19.7. The standard InChI is InChI=1S/C20H20N2O5S2/c1-3-8-22-15-9-16-17(27-12-26-16)10-18(15)28-20(22)21-19(23)11-29(24,25)14-6-4-13(2)5-7-14/h4-7,9-10H,3,8,11-12H2,1-2H3. The molecule has 0 spiro atoms. The molecule has 0 aliphatic carbocycles. The number of hydrogen-bond donors (Lipinski definition) is 0. The number of nitrogens with zero attached hydrogens (tertiary/aromatic N) is 2. The number of carbonyl (C=O) groups excluding carboxylic acids is 1. The highest BCUT2D eigenvalue weighted by Crippen LogP contribution is 2.37. The third-order valence-electron chi connectivity index (χ3n) is 4.54. The maximum Gasteiger partial charge on any atom is 0.263 e. The van der Waals surface area contributed by atoms with Crippen molar-refractivity contribution in [2.24, 2.45) is 4.99 Å². The zero-order valence-electron chi connectivity index (χ0n) is 16.0. The van der Waals surface area contributed by atoms with Gasteiger partial charge in [0.25, 0.3) is 5.91 Å². The van der Waals surface area contributed by atoms with Crippen LogP contribution in [0.25, 0.3) is 10.2 Å². The van der Waals surface area contributed by atoms with Crippen molar-refractivity contribution in [3.05, 3.63) is 46.8 Å². The van der Waals surface area contributed by atoms with Crippen LogP contribution in [0.1, 0.15) is 18.9 Å². The van der Waals surface area contributed by atoms with Crippen molar-refractivity contribution in [1.82, 2.24) is 4.57 Å². The van der Waals surface area contributed by atoms with Gasteiger partial charge in [-0.25, -0.2) is 8.42 Å². The first-order valence-corrected chi connectivity index (χ1v) is 11.6. The first-order chi connectivity index (χ1) is 13.9. The van der Waals surface area contributed by atoms with Gasteiger partial charge in [0.05, 0.1) is 15.1 Å². The fraction of sp³-hybridized carbons (Fsp3) is 0.300. The molecule has 0 saturated carbocycles. The van der Waals surface area contributed by atoms with Crippen LogP contribution in [0, 0.1) is 6.92 Å². The van der Waals surface area contributed by atoms with Gasteiger partial charge >= 0.3 is 0 Å². The molecule has 2 aromatic carbocycles. The molecule has 0 N–H and O–H groups in total. The van der Waals surface area contributed by atoms with Crippen molar-refractivity contribution >= 4 is 37.3 Å². The number of hydrogen-bond acceptors (Lipinski definition) is 6. The van der Waals surface area contributed by atoms with E-state index >= 15 is 0 Å². The number of carbonyl (C=O) groups is 1. The molecule has 1 amide bonds. The predicted molar refractivity (Wildman–Crippen MR) is 110 cm³/mol. The molecule has 1 aliphatic rings. The zero-order chi connectivity index (χ0) is 20.6. The number of ether oxygens (including phenoxy) is 2. The van der Waals surface area contributed by atoms with E-state index in [0.717, 1.165) is 22.2 Å². The van der Waals surface area contributed by atoms with Gasteiger partial charge in [-0.05, 0) is 25.5 Å². The Labute approximate surface area is 172 Å². The molecule has 7 nitrogen and oxygen atoms in total. The molecule has 29 heavy (non-hydrogen) atoms. The molecule has 3 aromatic rings. The summed E-state index contributed by atoms with van der Waals surface area (Å²) in [6.07, 6.45) is 0.837. The average Bonchev–Trinajstić information content (AvgIpc) is 3.24. The van der Waals surface area contributed by atoms with Gasteiger partial charge in [0.2, 0.25) is 6.79 Å². The van der Waals surface area contributed by atoms with Gasteiger partial charge in [0.15, 0.2) is 26.1 Å². The van der Waals surface area contributed by atoms with Crippen molar-refractivity contribution in [1.29, 1.82) is 0 Å². The van der Waals surface area contributed by atoms with Crippen LogP contribution in [-0.2, 0) is 21.2 Å². The number of aromatic nitrogens is 1. The Hall–Kier alpha value is -2.65. The normalized spacial score (nSPS) is 13.9. The maximum atomic E-state index is 12.5. The second kappa shape index (κ2) is 7.64. The van der Waals surface area contributed by atoms with Gasteiger partial charge in [-0.2, -0.15) is 4.99 Å². The summed E-state index contributed by atoms with van der Waals surface area (Å²) in [7, 11) is -3.75. The molecule has 0 bridgehead atoms. The van der Waals surface area contributed by atoms with Crippen LogP contribution in [0.3, 0.4) is 0 Å². The van der Waals surface area contributed by atoms with Gasteiger partial charge in [0.1, 0.15) is 5.75 Å². The van der Waals surface area contributed by atoms with E-state index in [0.29, 0.717) is 22.8 Å². The fourth-order valence-electron chi connectivity index (χ4n) is 3.12. The second-order valence-electron chi connectivity index (χ2n) is 6.79. The van der Waals surface area contributed by atoms with Gasteiger partial charge < -0.3 is 14.0 Å². The molecule has 2 heterocycles. The van der Waals surface area contributed by atoms with Gasteiger partial charge in [-0.1, -0.05) is 36.0 Å². The van der Waals surface area contributed by atoms with Crippen LogP contribution in [0.2, 0.25) is 0 Å². The van der Waals surface area contributed by atoms with E-state index < -0.39 is 21.5 Å². The molecular weight excluding hydrogens is 412 g/mol. The van der Waals surface area contributed by atoms with E-state index in [9.17, 15) is 13.2 Å². The summed E-state index contributed by atoms with van der Waals surface area (Å²) in [6.45, 7) is 4.73. The minimum Gasteiger partial charge on any atom is -0.454 e. The molecule has 0 radical (unpaired) electrons. The first-order valence-electron chi connectivity index (χ1n) is 9.17. The third kappa shape index (κ3) is 3.92. The molecule has 1 aliphatic heterocycles. The molecular formula is C20H20N2O5S2. The van der Waals surface area contributed by atoms with Crippen LogP contribution in [0.15, 0.2) is 46.3 Å². The molecule has 0 fully saturated rings. The minimum absolute atomic E-state index is 0.121. The van der Waals surface area contributed by atoms with Crippen molar-refractivity contribution < 1.29 is 22.7 Å². The lowest BCUT2D eigenvalue weighted by atomic mass is 10.2. The van der Waals surface area contributed by atoms with Crippen LogP contribution in [0.4, 0.5) is 0 Å². The Morgan fingerprint density at radius 3 is 2.55 bits per heavy atom. The van der Waals surface area contributed by atoms with E-state index in [-0.39, 0.29) is 11.7 Å². The van der Waals surface area contributed by atoms with Crippen molar-refractivity contribution in [2.75, 3.05) is 12.5 Å². The number of aryl methyl sites for hydroxylation is 2. The summed E-state index contributed by atoms with van der Waals surface area (Å²) >= 11 is 1.33. The molecule has 9 heteroatoms. The van der Waals surface area contributed by atoms with Crippen LogP contribution >= 0.6 is 11.3 Å². The van der Waals surface area contributed by atoms with Crippen molar-refractivity contribution in [2.45, 2.75) is 31.7 Å². The summed E-state index contributed by atoms with van der Waals surface area (Å²) in [4.78, 5) is 17.2. The quantitative estimate of drug-likeness (QED) is 0.618. The summed E-state index contributed by atoms with van der Waals surface area (Å²) in [5, 5.41) is 0. The zero-order valence-corrected chi connectivity index (χ0v) is 17.7. The van der Waals surface area contributed by atoms with Gasteiger partial charge in [-0.3, -0.25) is 4.79 Å². The van der Waals surface area contributed by atoms with Crippen LogP contribution in [-0.4, -0.2) is 31.4 Å². The number of benzene rings is 2.